The molecule has 294 valence electrons. The van der Waals surface area contributed by atoms with Crippen LogP contribution in [0.5, 0.6) is 0 Å². The third-order valence-corrected chi connectivity index (χ3v) is 11.3. The van der Waals surface area contributed by atoms with Crippen LogP contribution in [0.1, 0.15) is 0 Å². The lowest BCUT2D eigenvalue weighted by atomic mass is 10.0. The predicted molar refractivity (Wildman–Crippen MR) is 254 cm³/mol. The van der Waals surface area contributed by atoms with Crippen LogP contribution in [-0.4, -0.2) is 29.5 Å². The van der Waals surface area contributed by atoms with Crippen LogP contribution in [0, 0.1) is 6.57 Å². The van der Waals surface area contributed by atoms with Crippen LogP contribution in [0.2, 0.25) is 0 Å². The van der Waals surface area contributed by atoms with Gasteiger partial charge in [0.05, 0.1) is 34.7 Å². The second kappa shape index (κ2) is 16.0. The number of rotatable bonds is 8. The van der Waals surface area contributed by atoms with Gasteiger partial charge < -0.3 is 4.57 Å². The van der Waals surface area contributed by atoms with Gasteiger partial charge in [-0.15, -0.1) is 0 Å². The molecule has 0 spiro atoms. The van der Waals surface area contributed by atoms with E-state index < -0.39 is 0 Å². The monoisotopic (exact) mass is 805 g/mol. The minimum atomic E-state index is 0.534. The molecule has 0 radical (unpaired) electrons. The first-order valence-corrected chi connectivity index (χ1v) is 20.7. The Morgan fingerprint density at radius 3 is 1.43 bits per heavy atom. The fourth-order valence-electron chi connectivity index (χ4n) is 8.24. The Morgan fingerprint density at radius 1 is 0.333 bits per heavy atom. The highest BCUT2D eigenvalue weighted by atomic mass is 15.0. The molecule has 7 nitrogen and oxygen atoms in total. The number of benzene rings is 8. The van der Waals surface area contributed by atoms with Crippen LogP contribution in [0.4, 0.5) is 5.69 Å². The molecule has 8 aromatic carbocycles. The zero-order valence-corrected chi connectivity index (χ0v) is 33.8. The summed E-state index contributed by atoms with van der Waals surface area (Å²) in [4.78, 5) is 29.6. The van der Waals surface area contributed by atoms with Gasteiger partial charge in [0.2, 0.25) is 0 Å². The van der Waals surface area contributed by atoms with Crippen LogP contribution in [0.25, 0.3) is 112 Å². The quantitative estimate of drug-likeness (QED) is 0.143. The number of fused-ring (bicyclic) bond motifs is 3. The highest BCUT2D eigenvalue weighted by molar-refractivity contribution is 6.11. The van der Waals surface area contributed by atoms with E-state index in [1.54, 1.807) is 0 Å². The minimum Gasteiger partial charge on any atom is -0.309 e. The maximum atomic E-state index is 7.63. The summed E-state index contributed by atoms with van der Waals surface area (Å²) in [5.41, 5.74) is 12.6. The van der Waals surface area contributed by atoms with E-state index in [1.165, 1.54) is 0 Å². The number of hydrogen-bond donors (Lipinski definition) is 0. The number of nitrogens with zero attached hydrogens (tertiary/aromatic N) is 7. The Balaban J connectivity index is 1.19. The fourth-order valence-corrected chi connectivity index (χ4v) is 8.24. The van der Waals surface area contributed by atoms with Gasteiger partial charge in [0.25, 0.3) is 0 Å². The van der Waals surface area contributed by atoms with E-state index in [0.717, 1.165) is 83.4 Å². The predicted octanol–water partition coefficient (Wildman–Crippen LogP) is 14.0. The van der Waals surface area contributed by atoms with Gasteiger partial charge in [-0.2, -0.15) is 0 Å². The van der Waals surface area contributed by atoms with Crippen molar-refractivity contribution in [2.75, 3.05) is 0 Å². The summed E-state index contributed by atoms with van der Waals surface area (Å²) in [7, 11) is 0. The van der Waals surface area contributed by atoms with Crippen molar-refractivity contribution in [2.24, 2.45) is 0 Å². The first-order valence-electron chi connectivity index (χ1n) is 20.7. The van der Waals surface area contributed by atoms with Gasteiger partial charge in [-0.1, -0.05) is 164 Å². The Hall–Kier alpha value is -8.86. The molecule has 11 aromatic rings. The molecule has 0 bridgehead atoms. The zero-order valence-electron chi connectivity index (χ0n) is 33.8. The van der Waals surface area contributed by atoms with Gasteiger partial charge in [0, 0.05) is 44.2 Å². The summed E-state index contributed by atoms with van der Waals surface area (Å²) in [6.07, 6.45) is 0. The molecular formula is C56H35N7. The normalized spacial score (nSPS) is 11.2. The number of aromatic nitrogens is 6. The summed E-state index contributed by atoms with van der Waals surface area (Å²) < 4.78 is 2.31. The average molecular weight is 806 g/mol. The lowest BCUT2D eigenvalue weighted by Gasteiger charge is -2.17. The van der Waals surface area contributed by atoms with Gasteiger partial charge in [-0.05, 0) is 59.7 Å². The summed E-state index contributed by atoms with van der Waals surface area (Å²) in [5, 5.41) is 2.19. The van der Waals surface area contributed by atoms with Crippen molar-refractivity contribution >= 4 is 27.5 Å². The van der Waals surface area contributed by atoms with Crippen molar-refractivity contribution in [3.05, 3.63) is 224 Å². The molecule has 0 saturated carbocycles. The molecule has 0 fully saturated rings. The first-order chi connectivity index (χ1) is 31.2. The van der Waals surface area contributed by atoms with Crippen molar-refractivity contribution in [1.29, 1.82) is 0 Å². The third-order valence-electron chi connectivity index (χ3n) is 11.3. The highest BCUT2D eigenvalue weighted by Gasteiger charge is 2.22. The van der Waals surface area contributed by atoms with Gasteiger partial charge in [0.15, 0.2) is 29.0 Å². The zero-order chi connectivity index (χ0) is 42.1. The molecule has 0 aliphatic heterocycles. The molecule has 0 aliphatic carbocycles. The molecule has 3 heterocycles. The van der Waals surface area contributed by atoms with Gasteiger partial charge in [-0.3, -0.25) is 0 Å². The second-order valence-corrected chi connectivity index (χ2v) is 15.2. The van der Waals surface area contributed by atoms with Crippen LogP contribution in [0.3, 0.4) is 0 Å². The minimum absolute atomic E-state index is 0.534. The molecule has 63 heavy (non-hydrogen) atoms. The van der Waals surface area contributed by atoms with Crippen LogP contribution in [-0.2, 0) is 0 Å². The van der Waals surface area contributed by atoms with Crippen LogP contribution < -0.4 is 0 Å². The smallest absolute Gasteiger partial charge is 0.187 e. The van der Waals surface area contributed by atoms with Gasteiger partial charge >= 0.3 is 0 Å². The van der Waals surface area contributed by atoms with E-state index in [4.69, 9.17) is 31.5 Å². The summed E-state index contributed by atoms with van der Waals surface area (Å²) in [5.74, 6) is 2.26. The Morgan fingerprint density at radius 2 is 0.825 bits per heavy atom. The lowest BCUT2D eigenvalue weighted by molar-refractivity contribution is 1.07. The molecule has 0 amide bonds. The Kier molecular flexibility index (Phi) is 9.41. The van der Waals surface area contributed by atoms with Crippen molar-refractivity contribution in [3.8, 4) is 84.9 Å². The standard InChI is InChI=1S/C56H35N7/c1-57-44-26-16-25-41(33-44)42-29-31-51-46(34-42)45-27-14-15-28-50(45)63(51)52-32-30-43(55-61-53(39-21-10-4-11-22-39)60-54(62-55)40-23-12-5-13-24-40)35-47(52)56-58-48(37-17-6-2-7-18-37)36-49(59-56)38-19-8-3-9-20-38/h2-36H. The number of hydrogen-bond acceptors (Lipinski definition) is 5. The summed E-state index contributed by atoms with van der Waals surface area (Å²) in [6, 6.07) is 71.7. The molecule has 11 rings (SSSR count). The molecule has 0 aliphatic rings. The van der Waals surface area contributed by atoms with Gasteiger partial charge in [0.1, 0.15) is 0 Å². The summed E-state index contributed by atoms with van der Waals surface area (Å²) in [6.45, 7) is 7.63. The van der Waals surface area contributed by atoms with E-state index in [1.807, 2.05) is 115 Å². The SMILES string of the molecule is [C-]#[N+]c1cccc(-c2ccc3c(c2)c2ccccc2n3-c2ccc(-c3nc(-c4ccccc4)nc(-c4ccccc4)n3)cc2-c2nc(-c3ccccc3)cc(-c3ccccc3)n2)c1. The van der Waals surface area contributed by atoms with Crippen LogP contribution >= 0.6 is 0 Å². The van der Waals surface area contributed by atoms with Crippen molar-refractivity contribution in [3.63, 3.8) is 0 Å². The first kappa shape index (κ1) is 37.2. The summed E-state index contributed by atoms with van der Waals surface area (Å²) >= 11 is 0. The molecule has 0 unspecified atom stereocenters. The van der Waals surface area contributed by atoms with Crippen LogP contribution in [0.15, 0.2) is 212 Å². The molecule has 7 heteroatoms. The largest absolute Gasteiger partial charge is 0.309 e. The van der Waals surface area contributed by atoms with E-state index in [2.05, 4.69) is 106 Å². The van der Waals surface area contributed by atoms with Gasteiger partial charge in [-0.25, -0.2) is 29.8 Å². The van der Waals surface area contributed by atoms with E-state index in [0.29, 0.717) is 29.0 Å². The van der Waals surface area contributed by atoms with Crippen molar-refractivity contribution in [1.82, 2.24) is 29.5 Å². The molecular weight excluding hydrogens is 771 g/mol. The molecule has 0 N–H and O–H groups in total. The molecule has 0 saturated heterocycles. The lowest BCUT2D eigenvalue weighted by Crippen LogP contribution is -2.04. The second-order valence-electron chi connectivity index (χ2n) is 15.2. The number of para-hydroxylation sites is 1. The topological polar surface area (TPSA) is 73.7 Å². The average Bonchev–Trinajstić information content (AvgIpc) is 3.70. The third kappa shape index (κ3) is 7.08. The van der Waals surface area contributed by atoms with E-state index >= 15 is 0 Å². The fraction of sp³-hybridized carbons (Fsp3) is 0. The van der Waals surface area contributed by atoms with Crippen molar-refractivity contribution in [2.45, 2.75) is 0 Å². The Bertz CT molecular complexity index is 3390. The van der Waals surface area contributed by atoms with Crippen molar-refractivity contribution < 1.29 is 0 Å². The maximum absolute atomic E-state index is 7.63. The van der Waals surface area contributed by atoms with E-state index in [9.17, 15) is 0 Å². The Labute approximate surface area is 364 Å². The maximum Gasteiger partial charge on any atom is 0.187 e. The highest BCUT2D eigenvalue weighted by Crippen LogP contribution is 2.40. The molecule has 0 atom stereocenters. The molecule has 3 aromatic heterocycles. The van der Waals surface area contributed by atoms with E-state index in [-0.39, 0.29) is 0 Å².